The fraction of sp³-hybridized carbons (Fsp3) is 0.619. The highest BCUT2D eigenvalue weighted by molar-refractivity contribution is 6.22. The molecular weight excluding hydrogens is 330 g/mol. The van der Waals surface area contributed by atoms with Crippen LogP contribution < -0.4 is 10.6 Å². The van der Waals surface area contributed by atoms with E-state index in [9.17, 15) is 0 Å². The van der Waals surface area contributed by atoms with Gasteiger partial charge < -0.3 is 4.90 Å². The summed E-state index contributed by atoms with van der Waals surface area (Å²) in [5, 5.41) is 7.35. The third-order valence-electron chi connectivity index (χ3n) is 5.66. The fourth-order valence-corrected chi connectivity index (χ4v) is 4.71. The van der Waals surface area contributed by atoms with Crippen molar-refractivity contribution in [2.45, 2.75) is 50.6 Å². The predicted octanol–water partition coefficient (Wildman–Crippen LogP) is 3.72. The molecule has 4 heteroatoms. The van der Waals surface area contributed by atoms with Crippen LogP contribution in [-0.4, -0.2) is 49.2 Å². The van der Waals surface area contributed by atoms with Gasteiger partial charge in [0.25, 0.3) is 0 Å². The molecule has 0 radical (unpaired) electrons. The highest BCUT2D eigenvalue weighted by Gasteiger charge is 2.33. The Labute approximate surface area is 157 Å². The Balaban J connectivity index is 1.92. The summed E-state index contributed by atoms with van der Waals surface area (Å²) in [4.78, 5) is 2.53. The van der Waals surface area contributed by atoms with Crippen molar-refractivity contribution in [1.82, 2.24) is 15.5 Å². The highest BCUT2D eigenvalue weighted by Crippen LogP contribution is 2.36. The average molecular weight is 362 g/mol. The van der Waals surface area contributed by atoms with Crippen LogP contribution >= 0.6 is 11.6 Å². The number of alkyl halides is 1. The van der Waals surface area contributed by atoms with Gasteiger partial charge in [0, 0.05) is 25.6 Å². The van der Waals surface area contributed by atoms with Crippen molar-refractivity contribution in [2.24, 2.45) is 0 Å². The number of nitrogens with one attached hydrogen (secondary N) is 2. The third-order valence-corrected chi connectivity index (χ3v) is 6.03. The molecule has 2 aliphatic heterocycles. The Kier molecular flexibility index (Phi) is 6.94. The quantitative estimate of drug-likeness (QED) is 0.572. The summed E-state index contributed by atoms with van der Waals surface area (Å²) in [6.07, 6.45) is 3.93. The molecule has 0 aliphatic carbocycles. The zero-order valence-corrected chi connectivity index (χ0v) is 16.4. The van der Waals surface area contributed by atoms with Gasteiger partial charge in [0.15, 0.2) is 0 Å². The molecule has 25 heavy (non-hydrogen) atoms. The summed E-state index contributed by atoms with van der Waals surface area (Å²) in [5.41, 5.74) is 4.20. The Bertz CT molecular complexity index is 560. The summed E-state index contributed by atoms with van der Waals surface area (Å²) < 4.78 is 0. The van der Waals surface area contributed by atoms with Gasteiger partial charge in [-0.2, -0.15) is 0 Å². The number of hydrogen-bond acceptors (Lipinski definition) is 3. The number of halogens is 1. The molecule has 2 heterocycles. The van der Waals surface area contributed by atoms with Gasteiger partial charge in [-0.3, -0.25) is 10.6 Å². The first kappa shape index (κ1) is 18.9. The monoisotopic (exact) mass is 361 g/mol. The molecule has 1 aromatic carbocycles. The summed E-state index contributed by atoms with van der Waals surface area (Å²) in [6, 6.07) is 10.9. The van der Waals surface area contributed by atoms with E-state index in [1.807, 2.05) is 0 Å². The van der Waals surface area contributed by atoms with Crippen LogP contribution in [0.5, 0.6) is 0 Å². The lowest BCUT2D eigenvalue weighted by Gasteiger charge is -2.33. The normalized spacial score (nSPS) is 22.8. The van der Waals surface area contributed by atoms with Gasteiger partial charge in [0.2, 0.25) is 0 Å². The van der Waals surface area contributed by atoms with E-state index in [1.54, 1.807) is 0 Å². The summed E-state index contributed by atoms with van der Waals surface area (Å²) in [5.74, 6) is 0.286. The second-order valence-electron chi connectivity index (χ2n) is 7.34. The second-order valence-corrected chi connectivity index (χ2v) is 7.87. The molecule has 3 rings (SSSR count). The van der Waals surface area contributed by atoms with Gasteiger partial charge in [-0.05, 0) is 50.4 Å². The van der Waals surface area contributed by atoms with Crippen LogP contribution in [0.3, 0.4) is 0 Å². The summed E-state index contributed by atoms with van der Waals surface area (Å²) in [6.45, 7) is 9.89. The lowest BCUT2D eigenvalue weighted by Crippen LogP contribution is -2.41. The van der Waals surface area contributed by atoms with Crippen molar-refractivity contribution in [1.29, 1.82) is 0 Å². The van der Waals surface area contributed by atoms with E-state index < -0.39 is 0 Å². The lowest BCUT2D eigenvalue weighted by atomic mass is 9.83. The molecule has 138 valence electrons. The minimum atomic E-state index is 0.0625. The number of likely N-dealkylation sites (tertiary alicyclic amines) is 1. The van der Waals surface area contributed by atoms with Gasteiger partial charge in [0.1, 0.15) is 0 Å². The van der Waals surface area contributed by atoms with Crippen LogP contribution in [0.1, 0.15) is 44.6 Å². The summed E-state index contributed by atoms with van der Waals surface area (Å²) >= 11 is 7.07. The highest BCUT2D eigenvalue weighted by atomic mass is 35.5. The first-order chi connectivity index (χ1) is 12.2. The van der Waals surface area contributed by atoms with E-state index in [4.69, 9.17) is 11.6 Å². The molecule has 2 aliphatic rings. The van der Waals surface area contributed by atoms with E-state index in [0.29, 0.717) is 0 Å². The molecule has 2 N–H and O–H groups in total. The maximum absolute atomic E-state index is 7.07. The van der Waals surface area contributed by atoms with Crippen molar-refractivity contribution in [3.8, 4) is 0 Å². The Morgan fingerprint density at radius 1 is 1.16 bits per heavy atom. The molecule has 0 spiro atoms. The lowest BCUT2D eigenvalue weighted by molar-refractivity contribution is 0.339. The fourth-order valence-electron chi connectivity index (χ4n) is 4.20. The molecular formula is C21H32ClN3. The molecule has 1 aromatic rings. The van der Waals surface area contributed by atoms with E-state index in [2.05, 4.69) is 59.7 Å². The SMILES string of the molecule is CC/C(C)=C(\C(Cl)CN1CCCC1)C(c1ccccc1)C1NCCN1. The van der Waals surface area contributed by atoms with E-state index in [1.165, 1.54) is 42.6 Å². The third kappa shape index (κ3) is 4.65. The van der Waals surface area contributed by atoms with Crippen LogP contribution in [0.25, 0.3) is 0 Å². The number of hydrogen-bond donors (Lipinski definition) is 2. The van der Waals surface area contributed by atoms with Crippen LogP contribution in [0, 0.1) is 0 Å². The Morgan fingerprint density at radius 2 is 1.80 bits per heavy atom. The molecule has 0 amide bonds. The molecule has 0 aromatic heterocycles. The molecule has 3 nitrogen and oxygen atoms in total. The standard InChI is InChI=1S/C21H32ClN3/c1-3-16(2)19(18(22)15-25-13-7-8-14-25)20(21-23-11-12-24-21)17-9-5-4-6-10-17/h4-6,9-10,18,20-21,23-24H,3,7-8,11-15H2,1-2H3/b19-16+. The Hall–Kier alpha value is -0.870. The molecule has 2 atom stereocenters. The van der Waals surface area contributed by atoms with E-state index >= 15 is 0 Å². The number of benzene rings is 1. The molecule has 2 saturated heterocycles. The van der Waals surface area contributed by atoms with Crippen molar-refractivity contribution in [2.75, 3.05) is 32.7 Å². The minimum absolute atomic E-state index is 0.0625. The van der Waals surface area contributed by atoms with Crippen LogP contribution in [0.15, 0.2) is 41.5 Å². The molecule has 0 bridgehead atoms. The van der Waals surface area contributed by atoms with Gasteiger partial charge in [-0.1, -0.05) is 42.8 Å². The van der Waals surface area contributed by atoms with Gasteiger partial charge in [-0.15, -0.1) is 11.6 Å². The summed E-state index contributed by atoms with van der Waals surface area (Å²) in [7, 11) is 0. The van der Waals surface area contributed by atoms with Gasteiger partial charge in [-0.25, -0.2) is 0 Å². The molecule has 2 unspecified atom stereocenters. The minimum Gasteiger partial charge on any atom is -0.302 e. The maximum atomic E-state index is 7.07. The van der Waals surface area contributed by atoms with Crippen LogP contribution in [0.2, 0.25) is 0 Å². The van der Waals surface area contributed by atoms with E-state index in [-0.39, 0.29) is 17.5 Å². The van der Waals surface area contributed by atoms with Crippen molar-refractivity contribution in [3.63, 3.8) is 0 Å². The number of rotatable bonds is 7. The van der Waals surface area contributed by atoms with Crippen molar-refractivity contribution >= 4 is 11.6 Å². The van der Waals surface area contributed by atoms with Gasteiger partial charge >= 0.3 is 0 Å². The Morgan fingerprint density at radius 3 is 2.40 bits per heavy atom. The smallest absolute Gasteiger partial charge is 0.0682 e. The maximum Gasteiger partial charge on any atom is 0.0682 e. The second kappa shape index (κ2) is 9.18. The van der Waals surface area contributed by atoms with Gasteiger partial charge in [0.05, 0.1) is 11.5 Å². The number of allylic oxidation sites excluding steroid dienone is 1. The number of nitrogens with zero attached hydrogens (tertiary/aromatic N) is 1. The molecule has 0 saturated carbocycles. The topological polar surface area (TPSA) is 27.3 Å². The largest absolute Gasteiger partial charge is 0.302 e. The first-order valence-electron chi connectivity index (χ1n) is 9.78. The zero-order valence-electron chi connectivity index (χ0n) is 15.6. The van der Waals surface area contributed by atoms with Crippen molar-refractivity contribution in [3.05, 3.63) is 47.0 Å². The average Bonchev–Trinajstić information content (AvgIpc) is 3.33. The van der Waals surface area contributed by atoms with E-state index in [0.717, 1.165) is 26.1 Å². The zero-order chi connectivity index (χ0) is 17.6. The van der Waals surface area contributed by atoms with Crippen molar-refractivity contribution < 1.29 is 0 Å². The first-order valence-corrected chi connectivity index (χ1v) is 10.2. The van der Waals surface area contributed by atoms with Crippen LogP contribution in [-0.2, 0) is 0 Å². The van der Waals surface area contributed by atoms with Crippen LogP contribution in [0.4, 0.5) is 0 Å². The molecule has 2 fully saturated rings. The predicted molar refractivity (Wildman–Crippen MR) is 107 cm³/mol.